The summed E-state index contributed by atoms with van der Waals surface area (Å²) in [6.45, 7) is 0.781. The van der Waals surface area contributed by atoms with Crippen molar-refractivity contribution in [3.63, 3.8) is 0 Å². The Morgan fingerprint density at radius 1 is 1.06 bits per heavy atom. The largest absolute Gasteiger partial charge is 0.294 e. The monoisotopic (exact) mass is 418 g/mol. The minimum Gasteiger partial charge on any atom is -0.294 e. The molecule has 5 heteroatoms. The van der Waals surface area contributed by atoms with Crippen LogP contribution in [0.2, 0.25) is 0 Å². The van der Waals surface area contributed by atoms with E-state index in [-0.39, 0.29) is 5.78 Å². The number of carbonyl (C=O) groups excluding carboxylic acids is 1. The first kappa shape index (κ1) is 21.0. The van der Waals surface area contributed by atoms with E-state index in [4.69, 9.17) is 5.26 Å². The van der Waals surface area contributed by atoms with Crippen molar-refractivity contribution < 1.29 is 4.79 Å². The van der Waals surface area contributed by atoms with E-state index in [0.29, 0.717) is 17.5 Å². The Hall–Kier alpha value is -4.22. The standard InChI is InChI=1S/C27H22N4O/c28-19-22-8-6-21(7-9-22)10-11-24-18-25(12-13-26(24)31-17-3-15-30-31)27(32)5-2-1-4-23-14-16-29-20-23/h3,6-9,12-15,17-18,20H,1-2,4-5,16H2. The first-order valence-corrected chi connectivity index (χ1v) is 10.6. The van der Waals surface area contributed by atoms with Gasteiger partial charge in [0.2, 0.25) is 0 Å². The van der Waals surface area contributed by atoms with E-state index in [1.807, 2.05) is 48.8 Å². The lowest BCUT2D eigenvalue weighted by molar-refractivity contribution is 0.0979. The molecular formula is C27H22N4O. The maximum Gasteiger partial charge on any atom is 0.162 e. The molecule has 32 heavy (non-hydrogen) atoms. The molecule has 156 valence electrons. The van der Waals surface area contributed by atoms with Gasteiger partial charge in [-0.3, -0.25) is 9.79 Å². The molecule has 2 aromatic carbocycles. The summed E-state index contributed by atoms with van der Waals surface area (Å²) in [5, 5.41) is 13.3. The minimum atomic E-state index is 0.118. The van der Waals surface area contributed by atoms with Crippen LogP contribution < -0.4 is 0 Å². The van der Waals surface area contributed by atoms with E-state index in [1.165, 1.54) is 5.57 Å². The second-order valence-electron chi connectivity index (χ2n) is 7.53. The highest BCUT2D eigenvalue weighted by atomic mass is 16.1. The van der Waals surface area contributed by atoms with Crippen molar-refractivity contribution in [2.75, 3.05) is 6.54 Å². The van der Waals surface area contributed by atoms with Gasteiger partial charge in [-0.25, -0.2) is 4.68 Å². The summed E-state index contributed by atoms with van der Waals surface area (Å²) in [5.74, 6) is 6.44. The van der Waals surface area contributed by atoms with Crippen LogP contribution in [0.15, 0.2) is 77.6 Å². The second-order valence-corrected chi connectivity index (χ2v) is 7.53. The van der Waals surface area contributed by atoms with Gasteiger partial charge in [0.05, 0.1) is 29.4 Å². The van der Waals surface area contributed by atoms with Gasteiger partial charge in [0.15, 0.2) is 5.78 Å². The van der Waals surface area contributed by atoms with Crippen molar-refractivity contribution in [1.82, 2.24) is 9.78 Å². The van der Waals surface area contributed by atoms with Crippen LogP contribution in [-0.2, 0) is 0 Å². The van der Waals surface area contributed by atoms with Crippen molar-refractivity contribution in [3.8, 4) is 23.6 Å². The molecule has 0 amide bonds. The van der Waals surface area contributed by atoms with Gasteiger partial charge < -0.3 is 0 Å². The highest BCUT2D eigenvalue weighted by Gasteiger charge is 2.11. The van der Waals surface area contributed by atoms with E-state index in [2.05, 4.69) is 34.1 Å². The van der Waals surface area contributed by atoms with Crippen LogP contribution in [0, 0.1) is 23.2 Å². The molecule has 5 nitrogen and oxygen atoms in total. The molecule has 0 unspecified atom stereocenters. The number of unbranched alkanes of at least 4 members (excludes halogenated alkanes) is 1. The Kier molecular flexibility index (Phi) is 6.70. The molecule has 0 saturated carbocycles. The normalized spacial score (nSPS) is 12.0. The van der Waals surface area contributed by atoms with Crippen LogP contribution in [0.5, 0.6) is 0 Å². The molecule has 2 heterocycles. The first-order chi connectivity index (χ1) is 15.7. The highest BCUT2D eigenvalue weighted by molar-refractivity contribution is 5.96. The highest BCUT2D eigenvalue weighted by Crippen LogP contribution is 2.19. The van der Waals surface area contributed by atoms with Crippen LogP contribution in [0.4, 0.5) is 0 Å². The number of rotatable bonds is 7. The Morgan fingerprint density at radius 3 is 2.62 bits per heavy atom. The molecule has 0 radical (unpaired) electrons. The van der Waals surface area contributed by atoms with Crippen molar-refractivity contribution >= 4 is 12.0 Å². The van der Waals surface area contributed by atoms with Gasteiger partial charge in [-0.05, 0) is 73.4 Å². The lowest BCUT2D eigenvalue weighted by Gasteiger charge is -2.08. The number of benzene rings is 2. The third kappa shape index (κ3) is 5.28. The summed E-state index contributed by atoms with van der Waals surface area (Å²) in [6.07, 6.45) is 10.9. The number of Topliss-reactive ketones (excluding diaryl/α,β-unsaturated/α-hetero) is 1. The van der Waals surface area contributed by atoms with Crippen molar-refractivity contribution in [2.24, 2.45) is 4.99 Å². The van der Waals surface area contributed by atoms with E-state index < -0.39 is 0 Å². The molecule has 1 aromatic heterocycles. The number of aliphatic imine (C=N–C) groups is 1. The van der Waals surface area contributed by atoms with Gasteiger partial charge >= 0.3 is 0 Å². The zero-order valence-corrected chi connectivity index (χ0v) is 17.7. The molecular weight excluding hydrogens is 396 g/mol. The molecule has 0 atom stereocenters. The molecule has 1 aliphatic heterocycles. The zero-order chi connectivity index (χ0) is 22.2. The predicted octanol–water partition coefficient (Wildman–Crippen LogP) is 4.90. The van der Waals surface area contributed by atoms with Crippen molar-refractivity contribution in [1.29, 1.82) is 5.26 Å². The van der Waals surface area contributed by atoms with E-state index >= 15 is 0 Å². The van der Waals surface area contributed by atoms with Crippen molar-refractivity contribution in [3.05, 3.63) is 94.8 Å². The molecule has 0 bridgehead atoms. The maximum atomic E-state index is 12.8. The smallest absolute Gasteiger partial charge is 0.162 e. The average Bonchev–Trinajstić information content (AvgIpc) is 3.55. The summed E-state index contributed by atoms with van der Waals surface area (Å²) in [7, 11) is 0. The Bertz CT molecular complexity index is 1260. The first-order valence-electron chi connectivity index (χ1n) is 10.6. The number of hydrogen-bond acceptors (Lipinski definition) is 4. The van der Waals surface area contributed by atoms with Crippen LogP contribution in [0.25, 0.3) is 5.69 Å². The van der Waals surface area contributed by atoms with Gasteiger partial charge in [0.1, 0.15) is 0 Å². The number of hydrogen-bond donors (Lipinski definition) is 0. The fraction of sp³-hybridized carbons (Fsp3) is 0.185. The number of carbonyl (C=O) groups is 1. The minimum absolute atomic E-state index is 0.118. The number of aromatic nitrogens is 2. The van der Waals surface area contributed by atoms with Gasteiger partial charge in [-0.15, -0.1) is 0 Å². The second kappa shape index (κ2) is 10.2. The van der Waals surface area contributed by atoms with Crippen LogP contribution in [-0.4, -0.2) is 28.3 Å². The molecule has 0 fully saturated rings. The van der Waals surface area contributed by atoms with Gasteiger partial charge in [0, 0.05) is 36.2 Å². The molecule has 0 spiro atoms. The summed E-state index contributed by atoms with van der Waals surface area (Å²) < 4.78 is 1.74. The van der Waals surface area contributed by atoms with Gasteiger partial charge in [-0.1, -0.05) is 17.9 Å². The number of nitrogens with zero attached hydrogens (tertiary/aromatic N) is 4. The van der Waals surface area contributed by atoms with Crippen LogP contribution in [0.3, 0.4) is 0 Å². The topological polar surface area (TPSA) is 71.0 Å². The molecule has 4 rings (SSSR count). The third-order valence-electron chi connectivity index (χ3n) is 5.26. The van der Waals surface area contributed by atoms with E-state index in [9.17, 15) is 4.79 Å². The Labute approximate surface area is 187 Å². The molecule has 0 saturated heterocycles. The Balaban J connectivity index is 1.51. The van der Waals surface area contributed by atoms with Crippen LogP contribution >= 0.6 is 0 Å². The fourth-order valence-corrected chi connectivity index (χ4v) is 3.51. The molecule has 3 aromatic rings. The molecule has 1 aliphatic rings. The summed E-state index contributed by atoms with van der Waals surface area (Å²) in [4.78, 5) is 17.0. The van der Waals surface area contributed by atoms with Crippen molar-refractivity contribution in [2.45, 2.75) is 25.7 Å². The maximum absolute atomic E-state index is 12.8. The number of ketones is 1. The fourth-order valence-electron chi connectivity index (χ4n) is 3.51. The third-order valence-corrected chi connectivity index (χ3v) is 5.26. The lowest BCUT2D eigenvalue weighted by Crippen LogP contribution is -2.03. The summed E-state index contributed by atoms with van der Waals surface area (Å²) in [6, 6.07) is 16.7. The van der Waals surface area contributed by atoms with Gasteiger partial charge in [-0.2, -0.15) is 10.4 Å². The van der Waals surface area contributed by atoms with Gasteiger partial charge in [0.25, 0.3) is 0 Å². The summed E-state index contributed by atoms with van der Waals surface area (Å²) in [5.41, 5.74) is 4.87. The molecule has 0 N–H and O–H groups in total. The predicted molar refractivity (Wildman–Crippen MR) is 125 cm³/mol. The van der Waals surface area contributed by atoms with E-state index in [0.717, 1.165) is 42.6 Å². The zero-order valence-electron chi connectivity index (χ0n) is 17.7. The molecule has 0 aliphatic carbocycles. The quantitative estimate of drug-likeness (QED) is 0.311. The SMILES string of the molecule is N#Cc1ccc(C#Cc2cc(C(=O)CCCCC3=CCN=C3)ccc2-n2cccn2)cc1. The Morgan fingerprint density at radius 2 is 1.91 bits per heavy atom. The van der Waals surface area contributed by atoms with E-state index in [1.54, 1.807) is 23.0 Å². The summed E-state index contributed by atoms with van der Waals surface area (Å²) >= 11 is 0. The average molecular weight is 418 g/mol. The van der Waals surface area contributed by atoms with Crippen LogP contribution in [0.1, 0.15) is 52.7 Å². The number of allylic oxidation sites excluding steroid dienone is 1. The lowest BCUT2D eigenvalue weighted by atomic mass is 10.0. The number of nitriles is 1.